The standard InChI is InChI=1S/C20H22ClN3O/c1-14-8-10-24(11-9-14)13-15-2-5-17(6-3-15)22-20-23-18-12-16(21)4-7-19(18)25-20/h2-7,12,14H,8-11,13H2,1H3,(H,22,23). The normalized spacial score (nSPS) is 16.4. The van der Waals surface area contributed by atoms with Gasteiger partial charge in [0.2, 0.25) is 0 Å². The molecule has 3 aromatic rings. The topological polar surface area (TPSA) is 41.3 Å². The average Bonchev–Trinajstić information content (AvgIpc) is 3.00. The third kappa shape index (κ3) is 3.97. The van der Waals surface area contributed by atoms with Crippen molar-refractivity contribution < 1.29 is 4.42 Å². The molecule has 0 amide bonds. The summed E-state index contributed by atoms with van der Waals surface area (Å²) < 4.78 is 5.70. The fraction of sp³-hybridized carbons (Fsp3) is 0.350. The van der Waals surface area contributed by atoms with Crippen molar-refractivity contribution in [2.24, 2.45) is 5.92 Å². The van der Waals surface area contributed by atoms with E-state index in [2.05, 4.69) is 46.4 Å². The maximum Gasteiger partial charge on any atom is 0.300 e. The first-order valence-corrected chi connectivity index (χ1v) is 9.18. The van der Waals surface area contributed by atoms with Crippen LogP contribution in [0.25, 0.3) is 11.1 Å². The van der Waals surface area contributed by atoms with Gasteiger partial charge in [0.05, 0.1) is 0 Å². The lowest BCUT2D eigenvalue weighted by Crippen LogP contribution is -2.32. The van der Waals surface area contributed by atoms with Crippen LogP contribution in [0.15, 0.2) is 46.9 Å². The summed E-state index contributed by atoms with van der Waals surface area (Å²) >= 11 is 5.99. The number of benzene rings is 2. The van der Waals surface area contributed by atoms with Crippen LogP contribution in [0, 0.1) is 5.92 Å². The van der Waals surface area contributed by atoms with E-state index in [-0.39, 0.29) is 0 Å². The second-order valence-electron chi connectivity index (χ2n) is 6.91. The van der Waals surface area contributed by atoms with Gasteiger partial charge in [0.1, 0.15) is 5.52 Å². The van der Waals surface area contributed by atoms with Crippen molar-refractivity contribution in [2.75, 3.05) is 18.4 Å². The number of hydrogen-bond donors (Lipinski definition) is 1. The Balaban J connectivity index is 1.41. The highest BCUT2D eigenvalue weighted by atomic mass is 35.5. The van der Waals surface area contributed by atoms with E-state index < -0.39 is 0 Å². The van der Waals surface area contributed by atoms with Gasteiger partial charge in [0.25, 0.3) is 6.01 Å². The van der Waals surface area contributed by atoms with Gasteiger partial charge in [0, 0.05) is 17.3 Å². The summed E-state index contributed by atoms with van der Waals surface area (Å²) in [5, 5.41) is 3.87. The molecule has 5 heteroatoms. The molecule has 2 heterocycles. The molecule has 1 N–H and O–H groups in total. The van der Waals surface area contributed by atoms with Crippen LogP contribution in [0.2, 0.25) is 5.02 Å². The Kier molecular flexibility index (Phi) is 4.64. The highest BCUT2D eigenvalue weighted by Crippen LogP contribution is 2.25. The van der Waals surface area contributed by atoms with Crippen molar-refractivity contribution in [3.05, 3.63) is 53.1 Å². The quantitative estimate of drug-likeness (QED) is 0.675. The molecule has 1 aliphatic heterocycles. The molecule has 0 atom stereocenters. The second-order valence-corrected chi connectivity index (χ2v) is 7.35. The fourth-order valence-electron chi connectivity index (χ4n) is 3.25. The van der Waals surface area contributed by atoms with E-state index in [0.717, 1.165) is 29.2 Å². The summed E-state index contributed by atoms with van der Waals surface area (Å²) in [7, 11) is 0. The zero-order chi connectivity index (χ0) is 17.2. The number of piperidine rings is 1. The number of hydrogen-bond acceptors (Lipinski definition) is 4. The van der Waals surface area contributed by atoms with Crippen LogP contribution in [0.1, 0.15) is 25.3 Å². The lowest BCUT2D eigenvalue weighted by atomic mass is 9.99. The molecule has 1 fully saturated rings. The number of halogens is 1. The highest BCUT2D eigenvalue weighted by Gasteiger charge is 2.15. The van der Waals surface area contributed by atoms with E-state index in [4.69, 9.17) is 16.0 Å². The third-order valence-electron chi connectivity index (χ3n) is 4.84. The Morgan fingerprint density at radius 1 is 1.16 bits per heavy atom. The summed E-state index contributed by atoms with van der Waals surface area (Å²) in [4.78, 5) is 6.96. The van der Waals surface area contributed by atoms with Crippen LogP contribution < -0.4 is 5.32 Å². The second kappa shape index (κ2) is 7.06. The Bertz CT molecular complexity index is 851. The number of nitrogens with zero attached hydrogens (tertiary/aromatic N) is 2. The molecule has 0 aliphatic carbocycles. The molecule has 4 nitrogen and oxygen atoms in total. The minimum absolute atomic E-state index is 0.482. The number of likely N-dealkylation sites (tertiary alicyclic amines) is 1. The predicted molar refractivity (Wildman–Crippen MR) is 102 cm³/mol. The molecule has 1 aliphatic rings. The van der Waals surface area contributed by atoms with Crippen LogP contribution in [0.4, 0.5) is 11.7 Å². The third-order valence-corrected chi connectivity index (χ3v) is 5.07. The van der Waals surface area contributed by atoms with Crippen molar-refractivity contribution in [3.63, 3.8) is 0 Å². The number of anilines is 2. The smallest absolute Gasteiger partial charge is 0.300 e. The molecule has 2 aromatic carbocycles. The largest absolute Gasteiger partial charge is 0.423 e. The zero-order valence-electron chi connectivity index (χ0n) is 14.3. The Hall–Kier alpha value is -2.04. The van der Waals surface area contributed by atoms with Crippen molar-refractivity contribution in [2.45, 2.75) is 26.3 Å². The predicted octanol–water partition coefficient (Wildman–Crippen LogP) is 5.46. The molecular formula is C20H22ClN3O. The van der Waals surface area contributed by atoms with Crippen molar-refractivity contribution in [1.29, 1.82) is 0 Å². The molecule has 0 spiro atoms. The first-order valence-electron chi connectivity index (χ1n) is 8.80. The minimum atomic E-state index is 0.482. The molecule has 25 heavy (non-hydrogen) atoms. The highest BCUT2D eigenvalue weighted by molar-refractivity contribution is 6.31. The van der Waals surface area contributed by atoms with Crippen LogP contribution >= 0.6 is 11.6 Å². The molecule has 0 bridgehead atoms. The minimum Gasteiger partial charge on any atom is -0.423 e. The molecular weight excluding hydrogens is 334 g/mol. The van der Waals surface area contributed by atoms with Gasteiger partial charge in [-0.15, -0.1) is 0 Å². The van der Waals surface area contributed by atoms with E-state index >= 15 is 0 Å². The Morgan fingerprint density at radius 2 is 1.92 bits per heavy atom. The number of nitrogens with one attached hydrogen (secondary N) is 1. The number of oxazole rings is 1. The molecule has 0 radical (unpaired) electrons. The molecule has 130 valence electrons. The van der Waals surface area contributed by atoms with E-state index in [9.17, 15) is 0 Å². The first-order chi connectivity index (χ1) is 12.2. The Labute approximate surface area is 152 Å². The maximum atomic E-state index is 5.99. The average molecular weight is 356 g/mol. The molecule has 0 saturated carbocycles. The van der Waals surface area contributed by atoms with Crippen molar-refractivity contribution in [1.82, 2.24) is 9.88 Å². The molecule has 1 saturated heterocycles. The SMILES string of the molecule is CC1CCN(Cc2ccc(Nc3nc4cc(Cl)ccc4o3)cc2)CC1. The lowest BCUT2D eigenvalue weighted by molar-refractivity contribution is 0.185. The van der Waals surface area contributed by atoms with Gasteiger partial charge in [0.15, 0.2) is 5.58 Å². The zero-order valence-corrected chi connectivity index (χ0v) is 15.1. The fourth-order valence-corrected chi connectivity index (χ4v) is 3.42. The Morgan fingerprint density at radius 3 is 2.68 bits per heavy atom. The molecule has 4 rings (SSSR count). The summed E-state index contributed by atoms with van der Waals surface area (Å²) in [6.07, 6.45) is 2.61. The van der Waals surface area contributed by atoms with Crippen LogP contribution in [0.5, 0.6) is 0 Å². The maximum absolute atomic E-state index is 5.99. The van der Waals surface area contributed by atoms with Gasteiger partial charge in [-0.3, -0.25) is 4.90 Å². The summed E-state index contributed by atoms with van der Waals surface area (Å²) in [6.45, 7) is 5.77. The number of aromatic nitrogens is 1. The van der Waals surface area contributed by atoms with Crippen LogP contribution in [-0.4, -0.2) is 23.0 Å². The van der Waals surface area contributed by atoms with Crippen molar-refractivity contribution >= 4 is 34.4 Å². The molecule has 1 aromatic heterocycles. The van der Waals surface area contributed by atoms with Gasteiger partial charge in [-0.1, -0.05) is 30.7 Å². The van der Waals surface area contributed by atoms with Crippen molar-refractivity contribution in [3.8, 4) is 0 Å². The van der Waals surface area contributed by atoms with Crippen LogP contribution in [-0.2, 0) is 6.54 Å². The van der Waals surface area contributed by atoms with Gasteiger partial charge in [-0.25, -0.2) is 0 Å². The van der Waals surface area contributed by atoms with Gasteiger partial charge in [-0.05, 0) is 67.7 Å². The summed E-state index contributed by atoms with van der Waals surface area (Å²) in [6, 6.07) is 14.4. The number of fused-ring (bicyclic) bond motifs is 1. The lowest BCUT2D eigenvalue weighted by Gasteiger charge is -2.30. The monoisotopic (exact) mass is 355 g/mol. The summed E-state index contributed by atoms with van der Waals surface area (Å²) in [5.74, 6) is 0.869. The van der Waals surface area contributed by atoms with Gasteiger partial charge < -0.3 is 9.73 Å². The van der Waals surface area contributed by atoms with E-state index in [1.807, 2.05) is 6.07 Å². The van der Waals surface area contributed by atoms with E-state index in [0.29, 0.717) is 11.0 Å². The van der Waals surface area contributed by atoms with E-state index in [1.165, 1.54) is 31.5 Å². The van der Waals surface area contributed by atoms with Gasteiger partial charge >= 0.3 is 0 Å². The molecule has 0 unspecified atom stereocenters. The van der Waals surface area contributed by atoms with Gasteiger partial charge in [-0.2, -0.15) is 4.98 Å². The van der Waals surface area contributed by atoms with E-state index in [1.54, 1.807) is 12.1 Å². The summed E-state index contributed by atoms with van der Waals surface area (Å²) in [5.41, 5.74) is 3.78. The number of rotatable bonds is 4. The first kappa shape index (κ1) is 16.4. The van der Waals surface area contributed by atoms with Crippen LogP contribution in [0.3, 0.4) is 0 Å².